The molecule has 0 radical (unpaired) electrons. The van der Waals surface area contributed by atoms with E-state index in [0.29, 0.717) is 19.8 Å². The lowest BCUT2D eigenvalue weighted by molar-refractivity contribution is 0.0713. The molecule has 0 aromatic carbocycles. The standard InChI is InChI=1S/C15H20N4O5S/c1-17(10-12-9-16-18(2)11-12)15(20)13-3-4-14(24-13)25(21,22)19-5-7-23-8-6-19/h3-4,9,11H,5-8,10H2,1-2H3. The van der Waals surface area contributed by atoms with Crippen molar-refractivity contribution in [2.75, 3.05) is 33.4 Å². The molecule has 1 saturated heterocycles. The van der Waals surface area contributed by atoms with Gasteiger partial charge in [-0.3, -0.25) is 9.48 Å². The molecule has 0 aliphatic carbocycles. The van der Waals surface area contributed by atoms with Gasteiger partial charge >= 0.3 is 0 Å². The summed E-state index contributed by atoms with van der Waals surface area (Å²) in [5.41, 5.74) is 0.867. The third kappa shape index (κ3) is 3.75. The maximum Gasteiger partial charge on any atom is 0.289 e. The average molecular weight is 368 g/mol. The Hall–Kier alpha value is -2.17. The molecule has 3 rings (SSSR count). The van der Waals surface area contributed by atoms with Crippen molar-refractivity contribution in [1.29, 1.82) is 0 Å². The molecule has 0 N–H and O–H groups in total. The van der Waals surface area contributed by atoms with Gasteiger partial charge in [0.2, 0.25) is 5.09 Å². The van der Waals surface area contributed by atoms with E-state index >= 15 is 0 Å². The monoisotopic (exact) mass is 368 g/mol. The topological polar surface area (TPSA) is 97.9 Å². The molecule has 2 aromatic rings. The molecule has 9 nitrogen and oxygen atoms in total. The van der Waals surface area contributed by atoms with Crippen LogP contribution in [0.3, 0.4) is 0 Å². The molecule has 0 spiro atoms. The van der Waals surface area contributed by atoms with Crippen molar-refractivity contribution in [2.45, 2.75) is 11.6 Å². The Morgan fingerprint density at radius 3 is 2.68 bits per heavy atom. The smallest absolute Gasteiger partial charge is 0.289 e. The number of furan rings is 1. The lowest BCUT2D eigenvalue weighted by Crippen LogP contribution is -2.40. The number of amides is 1. The first-order chi connectivity index (χ1) is 11.9. The fourth-order valence-electron chi connectivity index (χ4n) is 2.58. The van der Waals surface area contributed by atoms with Crippen LogP contribution in [0, 0.1) is 0 Å². The molecule has 10 heteroatoms. The summed E-state index contributed by atoms with van der Waals surface area (Å²) in [4.78, 5) is 13.9. The Kier molecular flexibility index (Phi) is 4.93. The minimum atomic E-state index is -3.75. The average Bonchev–Trinajstić information content (AvgIpc) is 3.24. The molecule has 3 heterocycles. The highest BCUT2D eigenvalue weighted by Gasteiger charge is 2.30. The number of hydrogen-bond donors (Lipinski definition) is 0. The molecule has 0 bridgehead atoms. The molecule has 1 amide bonds. The van der Waals surface area contributed by atoms with E-state index in [9.17, 15) is 13.2 Å². The van der Waals surface area contributed by atoms with Gasteiger partial charge in [-0.15, -0.1) is 0 Å². The van der Waals surface area contributed by atoms with Crippen molar-refractivity contribution in [1.82, 2.24) is 19.0 Å². The van der Waals surface area contributed by atoms with Crippen molar-refractivity contribution in [2.24, 2.45) is 7.05 Å². The predicted molar refractivity (Wildman–Crippen MR) is 87.3 cm³/mol. The zero-order chi connectivity index (χ0) is 18.0. The fraction of sp³-hybridized carbons (Fsp3) is 0.467. The third-order valence-electron chi connectivity index (χ3n) is 3.88. The van der Waals surface area contributed by atoms with Crippen LogP contribution in [-0.2, 0) is 28.4 Å². The molecule has 1 aliphatic heterocycles. The number of carbonyl (C=O) groups excluding carboxylic acids is 1. The molecule has 2 aromatic heterocycles. The zero-order valence-corrected chi connectivity index (χ0v) is 14.9. The van der Waals surface area contributed by atoms with Gasteiger partial charge in [0, 0.05) is 45.5 Å². The number of sulfonamides is 1. The fourth-order valence-corrected chi connectivity index (χ4v) is 3.89. The number of hydrogen-bond acceptors (Lipinski definition) is 6. The number of nitrogens with zero attached hydrogens (tertiary/aromatic N) is 4. The highest BCUT2D eigenvalue weighted by molar-refractivity contribution is 7.89. The van der Waals surface area contributed by atoms with Crippen LogP contribution in [-0.4, -0.2) is 66.7 Å². The van der Waals surface area contributed by atoms with Crippen molar-refractivity contribution < 1.29 is 22.4 Å². The summed E-state index contributed by atoms with van der Waals surface area (Å²) < 4.78 is 38.5. The minimum absolute atomic E-state index is 0.0155. The highest BCUT2D eigenvalue weighted by atomic mass is 32.2. The first-order valence-electron chi connectivity index (χ1n) is 7.78. The van der Waals surface area contributed by atoms with Crippen LogP contribution in [0.1, 0.15) is 16.1 Å². The number of carbonyl (C=O) groups is 1. The minimum Gasteiger partial charge on any atom is -0.438 e. The summed E-state index contributed by atoms with van der Waals surface area (Å²) in [5.74, 6) is -0.412. The quantitative estimate of drug-likeness (QED) is 0.753. The lowest BCUT2D eigenvalue weighted by atomic mass is 10.3. The number of rotatable bonds is 5. The van der Waals surface area contributed by atoms with Gasteiger partial charge in [-0.25, -0.2) is 8.42 Å². The van der Waals surface area contributed by atoms with Crippen LogP contribution in [0.25, 0.3) is 0 Å². The molecule has 0 saturated carbocycles. The van der Waals surface area contributed by atoms with E-state index in [0.717, 1.165) is 5.56 Å². The summed E-state index contributed by atoms with van der Waals surface area (Å²) in [6.45, 7) is 1.58. The van der Waals surface area contributed by atoms with Crippen molar-refractivity contribution in [3.05, 3.63) is 35.9 Å². The maximum atomic E-state index is 12.5. The third-order valence-corrected chi connectivity index (χ3v) is 5.65. The number of ether oxygens (including phenoxy) is 1. The number of morpholine rings is 1. The molecule has 136 valence electrons. The van der Waals surface area contributed by atoms with E-state index < -0.39 is 15.9 Å². The molecule has 0 unspecified atom stereocenters. The van der Waals surface area contributed by atoms with E-state index in [2.05, 4.69) is 5.10 Å². The summed E-state index contributed by atoms with van der Waals surface area (Å²) in [7, 11) is -0.342. The van der Waals surface area contributed by atoms with Gasteiger partial charge in [0.05, 0.1) is 19.4 Å². The second kappa shape index (κ2) is 6.98. The van der Waals surface area contributed by atoms with Crippen molar-refractivity contribution in [3.8, 4) is 0 Å². The van der Waals surface area contributed by atoms with Crippen LogP contribution >= 0.6 is 0 Å². The second-order valence-electron chi connectivity index (χ2n) is 5.82. The molecular formula is C15H20N4O5S. The van der Waals surface area contributed by atoms with Crippen LogP contribution in [0.4, 0.5) is 0 Å². The lowest BCUT2D eigenvalue weighted by Gasteiger charge is -2.24. The number of aryl methyl sites for hydroxylation is 1. The van der Waals surface area contributed by atoms with Crippen molar-refractivity contribution >= 4 is 15.9 Å². The van der Waals surface area contributed by atoms with Gasteiger partial charge in [-0.1, -0.05) is 0 Å². The molecule has 1 aliphatic rings. The van der Waals surface area contributed by atoms with Gasteiger partial charge in [0.15, 0.2) is 5.76 Å². The van der Waals surface area contributed by atoms with Crippen LogP contribution < -0.4 is 0 Å². The van der Waals surface area contributed by atoms with E-state index in [1.807, 2.05) is 0 Å². The highest BCUT2D eigenvalue weighted by Crippen LogP contribution is 2.21. The van der Waals surface area contributed by atoms with Crippen LogP contribution in [0.2, 0.25) is 0 Å². The van der Waals surface area contributed by atoms with E-state index in [4.69, 9.17) is 9.15 Å². The van der Waals surface area contributed by atoms with Gasteiger partial charge in [-0.05, 0) is 12.1 Å². The summed E-state index contributed by atoms with van der Waals surface area (Å²) in [5, 5.41) is 3.82. The Morgan fingerprint density at radius 1 is 1.32 bits per heavy atom. The second-order valence-corrected chi connectivity index (χ2v) is 7.69. The van der Waals surface area contributed by atoms with E-state index in [1.54, 1.807) is 31.2 Å². The molecule has 1 fully saturated rings. The Balaban J connectivity index is 1.72. The van der Waals surface area contributed by atoms with E-state index in [1.165, 1.54) is 21.3 Å². The SMILES string of the molecule is CN(Cc1cnn(C)c1)C(=O)c1ccc(S(=O)(=O)N2CCOCC2)o1. The van der Waals surface area contributed by atoms with E-state index in [-0.39, 0.29) is 23.9 Å². The summed E-state index contributed by atoms with van der Waals surface area (Å²) in [6, 6.07) is 2.70. The van der Waals surface area contributed by atoms with Crippen LogP contribution in [0.15, 0.2) is 34.0 Å². The van der Waals surface area contributed by atoms with Gasteiger partial charge < -0.3 is 14.1 Å². The van der Waals surface area contributed by atoms with Gasteiger partial charge in [-0.2, -0.15) is 9.40 Å². The Morgan fingerprint density at radius 2 is 2.04 bits per heavy atom. The van der Waals surface area contributed by atoms with Crippen molar-refractivity contribution in [3.63, 3.8) is 0 Å². The first-order valence-corrected chi connectivity index (χ1v) is 9.22. The zero-order valence-electron chi connectivity index (χ0n) is 14.1. The molecule has 25 heavy (non-hydrogen) atoms. The predicted octanol–water partition coefficient (Wildman–Crippen LogP) is 0.306. The van der Waals surface area contributed by atoms with Crippen LogP contribution in [0.5, 0.6) is 0 Å². The normalized spacial score (nSPS) is 16.1. The summed E-state index contributed by atoms with van der Waals surface area (Å²) in [6.07, 6.45) is 3.47. The van der Waals surface area contributed by atoms with Gasteiger partial charge in [0.25, 0.3) is 15.9 Å². The summed E-state index contributed by atoms with van der Waals surface area (Å²) >= 11 is 0. The Labute approximate surface area is 145 Å². The molecular weight excluding hydrogens is 348 g/mol. The number of aromatic nitrogens is 2. The maximum absolute atomic E-state index is 12.5. The van der Waals surface area contributed by atoms with Gasteiger partial charge in [0.1, 0.15) is 0 Å². The molecule has 0 atom stereocenters. The Bertz CT molecular complexity index is 851. The first kappa shape index (κ1) is 17.6. The largest absolute Gasteiger partial charge is 0.438 e.